The average molecular weight is 349 g/mol. The Morgan fingerprint density at radius 2 is 1.69 bits per heavy atom. The van der Waals surface area contributed by atoms with Crippen molar-refractivity contribution >= 4 is 22.7 Å². The van der Waals surface area contributed by atoms with Crippen molar-refractivity contribution in [3.8, 4) is 0 Å². The lowest BCUT2D eigenvalue weighted by molar-refractivity contribution is -0.120. The highest BCUT2D eigenvalue weighted by Crippen LogP contribution is 2.23. The van der Waals surface area contributed by atoms with Gasteiger partial charge in [0.15, 0.2) is 0 Å². The molecule has 26 heavy (non-hydrogen) atoms. The number of aromatic nitrogens is 1. The first-order chi connectivity index (χ1) is 12.5. The molecule has 2 aromatic carbocycles. The number of nitrogens with one attached hydrogen (secondary N) is 1. The van der Waals surface area contributed by atoms with E-state index >= 15 is 0 Å². The topological polar surface area (TPSA) is 77.1 Å². The number of para-hydroxylation sites is 1. The van der Waals surface area contributed by atoms with Gasteiger partial charge in [-0.05, 0) is 17.5 Å². The highest BCUT2D eigenvalue weighted by molar-refractivity contribution is 6.08. The molecule has 5 nitrogen and oxygen atoms in total. The van der Waals surface area contributed by atoms with Gasteiger partial charge in [-0.2, -0.15) is 0 Å². The van der Waals surface area contributed by atoms with Crippen molar-refractivity contribution in [1.29, 1.82) is 0 Å². The van der Waals surface area contributed by atoms with E-state index in [1.807, 2.05) is 67.1 Å². The Kier molecular flexibility index (Phi) is 5.07. The summed E-state index contributed by atoms with van der Waals surface area (Å²) >= 11 is 0. The molecule has 0 aliphatic carbocycles. The Balaban J connectivity index is 1.96. The van der Waals surface area contributed by atoms with E-state index in [4.69, 9.17) is 5.73 Å². The quantitative estimate of drug-likeness (QED) is 0.718. The smallest absolute Gasteiger partial charge is 0.254 e. The number of nitrogens with two attached hydrogens (primary N) is 1. The minimum absolute atomic E-state index is 0.0749. The van der Waals surface area contributed by atoms with Crippen LogP contribution in [0.2, 0.25) is 0 Å². The molecule has 0 bridgehead atoms. The number of hydrogen-bond donors (Lipinski definition) is 2. The van der Waals surface area contributed by atoms with Crippen LogP contribution in [0.15, 0.2) is 60.8 Å². The maximum absolute atomic E-state index is 12.8. The van der Waals surface area contributed by atoms with E-state index in [2.05, 4.69) is 17.4 Å². The molecular formula is C21H23N3O2. The van der Waals surface area contributed by atoms with Gasteiger partial charge in [-0.3, -0.25) is 9.59 Å². The summed E-state index contributed by atoms with van der Waals surface area (Å²) in [6, 6.07) is 17.1. The van der Waals surface area contributed by atoms with Crippen LogP contribution < -0.4 is 11.1 Å². The molecule has 134 valence electrons. The third-order valence-corrected chi connectivity index (χ3v) is 4.49. The average Bonchev–Trinajstić information content (AvgIpc) is 2.99. The molecule has 0 radical (unpaired) electrons. The number of carbonyl (C=O) groups is 2. The van der Waals surface area contributed by atoms with Crippen molar-refractivity contribution in [3.63, 3.8) is 0 Å². The van der Waals surface area contributed by atoms with Gasteiger partial charge in [0.25, 0.3) is 5.91 Å². The number of nitrogens with zero attached hydrogens (tertiary/aromatic N) is 1. The lowest BCUT2D eigenvalue weighted by Crippen LogP contribution is -2.47. The van der Waals surface area contributed by atoms with E-state index in [-0.39, 0.29) is 11.8 Å². The van der Waals surface area contributed by atoms with E-state index in [0.717, 1.165) is 16.5 Å². The van der Waals surface area contributed by atoms with E-state index in [1.165, 1.54) is 0 Å². The highest BCUT2D eigenvalue weighted by Gasteiger charge is 2.24. The molecule has 0 saturated carbocycles. The van der Waals surface area contributed by atoms with E-state index in [1.54, 1.807) is 0 Å². The zero-order chi connectivity index (χ0) is 18.7. The van der Waals surface area contributed by atoms with Gasteiger partial charge in [-0.25, -0.2) is 0 Å². The molecule has 1 heterocycles. The van der Waals surface area contributed by atoms with Crippen LogP contribution in [0, 0.1) is 5.92 Å². The third kappa shape index (κ3) is 3.61. The zero-order valence-electron chi connectivity index (χ0n) is 15.0. The second-order valence-electron chi connectivity index (χ2n) is 6.77. The van der Waals surface area contributed by atoms with Crippen molar-refractivity contribution in [2.24, 2.45) is 11.7 Å². The lowest BCUT2D eigenvalue weighted by atomic mass is 10.0. The summed E-state index contributed by atoms with van der Waals surface area (Å²) in [5.41, 5.74) is 8.09. The predicted octanol–water partition coefficient (Wildman–Crippen LogP) is 2.93. The Labute approximate surface area is 152 Å². The number of carbonyl (C=O) groups excluding carboxylic acids is 2. The van der Waals surface area contributed by atoms with Crippen molar-refractivity contribution < 1.29 is 9.59 Å². The molecule has 5 heteroatoms. The first-order valence-corrected chi connectivity index (χ1v) is 8.69. The van der Waals surface area contributed by atoms with Gasteiger partial charge < -0.3 is 15.6 Å². The normalized spacial score (nSPS) is 12.3. The summed E-state index contributed by atoms with van der Waals surface area (Å²) in [5.74, 6) is -0.888. The fourth-order valence-electron chi connectivity index (χ4n) is 3.12. The predicted molar refractivity (Wildman–Crippen MR) is 103 cm³/mol. The standard InChI is InChI=1S/C21H23N3O2/c1-14(2)19(20(22)25)23-21(26)17-13-24(12-15-8-4-3-5-9-15)18-11-7-6-10-16(17)18/h3-11,13-14,19H,12H2,1-2H3,(H2,22,25)(H,23,26). The minimum atomic E-state index is -0.696. The summed E-state index contributed by atoms with van der Waals surface area (Å²) in [6.45, 7) is 4.38. The van der Waals surface area contributed by atoms with Crippen LogP contribution in [0.5, 0.6) is 0 Å². The number of primary amides is 1. The SMILES string of the molecule is CC(C)C(NC(=O)c1cn(Cc2ccccc2)c2ccccc12)C(N)=O. The van der Waals surface area contributed by atoms with E-state index < -0.39 is 11.9 Å². The molecule has 0 saturated heterocycles. The second kappa shape index (κ2) is 7.44. The van der Waals surface area contributed by atoms with Crippen LogP contribution >= 0.6 is 0 Å². The van der Waals surface area contributed by atoms with Crippen LogP contribution in [0.3, 0.4) is 0 Å². The molecule has 2 amide bonds. The van der Waals surface area contributed by atoms with Crippen molar-refractivity contribution in [1.82, 2.24) is 9.88 Å². The van der Waals surface area contributed by atoms with Gasteiger partial charge in [0.05, 0.1) is 5.56 Å². The maximum atomic E-state index is 12.8. The molecule has 3 N–H and O–H groups in total. The van der Waals surface area contributed by atoms with E-state index in [9.17, 15) is 9.59 Å². The van der Waals surface area contributed by atoms with Gasteiger partial charge in [0.1, 0.15) is 6.04 Å². The first-order valence-electron chi connectivity index (χ1n) is 8.69. The number of fused-ring (bicyclic) bond motifs is 1. The summed E-state index contributed by atoms with van der Waals surface area (Å²) in [7, 11) is 0. The summed E-state index contributed by atoms with van der Waals surface area (Å²) in [5, 5.41) is 3.63. The van der Waals surface area contributed by atoms with Crippen molar-refractivity contribution in [2.75, 3.05) is 0 Å². The van der Waals surface area contributed by atoms with Crippen LogP contribution in [0.4, 0.5) is 0 Å². The first kappa shape index (κ1) is 17.7. The Bertz CT molecular complexity index is 929. The number of amides is 2. The van der Waals surface area contributed by atoms with Crippen LogP contribution in [-0.4, -0.2) is 22.4 Å². The van der Waals surface area contributed by atoms with Crippen LogP contribution in [0.1, 0.15) is 29.8 Å². The fraction of sp³-hybridized carbons (Fsp3) is 0.238. The van der Waals surface area contributed by atoms with Gasteiger partial charge in [-0.1, -0.05) is 62.4 Å². The number of rotatable bonds is 6. The van der Waals surface area contributed by atoms with Gasteiger partial charge in [-0.15, -0.1) is 0 Å². The fourth-order valence-corrected chi connectivity index (χ4v) is 3.12. The largest absolute Gasteiger partial charge is 0.368 e. The molecule has 3 rings (SSSR count). The molecular weight excluding hydrogens is 326 g/mol. The second-order valence-corrected chi connectivity index (χ2v) is 6.77. The molecule has 0 aliphatic heterocycles. The summed E-state index contributed by atoms with van der Waals surface area (Å²) in [4.78, 5) is 24.4. The molecule has 0 fully saturated rings. The monoisotopic (exact) mass is 349 g/mol. The van der Waals surface area contributed by atoms with Gasteiger partial charge in [0, 0.05) is 23.6 Å². The number of hydrogen-bond acceptors (Lipinski definition) is 2. The molecule has 1 unspecified atom stereocenters. The number of benzene rings is 2. The van der Waals surface area contributed by atoms with Gasteiger partial charge >= 0.3 is 0 Å². The molecule has 0 spiro atoms. The summed E-state index contributed by atoms with van der Waals surface area (Å²) in [6.07, 6.45) is 1.84. The molecule has 0 aliphatic rings. The Hall–Kier alpha value is -3.08. The Morgan fingerprint density at radius 3 is 2.35 bits per heavy atom. The molecule has 1 atom stereocenters. The molecule has 1 aromatic heterocycles. The zero-order valence-corrected chi connectivity index (χ0v) is 15.0. The van der Waals surface area contributed by atoms with Crippen molar-refractivity contribution in [3.05, 3.63) is 71.9 Å². The van der Waals surface area contributed by atoms with Crippen LogP contribution in [0.25, 0.3) is 10.9 Å². The maximum Gasteiger partial charge on any atom is 0.254 e. The Morgan fingerprint density at radius 1 is 1.04 bits per heavy atom. The van der Waals surface area contributed by atoms with Crippen LogP contribution in [-0.2, 0) is 11.3 Å². The lowest BCUT2D eigenvalue weighted by Gasteiger charge is -2.18. The highest BCUT2D eigenvalue weighted by atomic mass is 16.2. The molecule has 3 aromatic rings. The van der Waals surface area contributed by atoms with E-state index in [0.29, 0.717) is 12.1 Å². The minimum Gasteiger partial charge on any atom is -0.368 e. The van der Waals surface area contributed by atoms with Gasteiger partial charge in [0.2, 0.25) is 5.91 Å². The van der Waals surface area contributed by atoms with Crippen molar-refractivity contribution in [2.45, 2.75) is 26.4 Å². The summed E-state index contributed by atoms with van der Waals surface area (Å²) < 4.78 is 2.05. The third-order valence-electron chi connectivity index (χ3n) is 4.49.